The second-order valence-electron chi connectivity index (χ2n) is 5.40. The van der Waals surface area contributed by atoms with E-state index in [1.165, 1.54) is 58.0 Å². The van der Waals surface area contributed by atoms with E-state index >= 15 is 0 Å². The van der Waals surface area contributed by atoms with Gasteiger partial charge in [-0.05, 0) is 44.7 Å². The molecule has 0 aromatic carbocycles. The first-order valence-corrected chi connectivity index (χ1v) is 7.21. The fourth-order valence-electron chi connectivity index (χ4n) is 3.37. The van der Waals surface area contributed by atoms with E-state index in [0.29, 0.717) is 5.37 Å². The summed E-state index contributed by atoms with van der Waals surface area (Å²) in [4.78, 5) is 2.52. The van der Waals surface area contributed by atoms with E-state index in [-0.39, 0.29) is 0 Å². The minimum absolute atomic E-state index is 0.456. The van der Waals surface area contributed by atoms with E-state index in [1.807, 2.05) is 0 Å². The van der Waals surface area contributed by atoms with E-state index in [0.717, 1.165) is 11.8 Å². The van der Waals surface area contributed by atoms with Gasteiger partial charge < -0.3 is 0 Å². The minimum Gasteiger partial charge on any atom is -0.292 e. The topological polar surface area (TPSA) is 3.24 Å². The molecule has 2 fully saturated rings. The van der Waals surface area contributed by atoms with Crippen molar-refractivity contribution < 1.29 is 0 Å². The lowest BCUT2D eigenvalue weighted by molar-refractivity contribution is 0.124. The van der Waals surface area contributed by atoms with Gasteiger partial charge in [0.15, 0.2) is 0 Å². The third kappa shape index (κ3) is 3.13. The summed E-state index contributed by atoms with van der Waals surface area (Å²) in [5, 5.41) is 0.456. The third-order valence-corrected chi connectivity index (χ3v) is 4.75. The molecule has 0 aromatic heterocycles. The van der Waals surface area contributed by atoms with Crippen LogP contribution >= 0.6 is 12.6 Å². The molecule has 1 nitrogen and oxygen atoms in total. The predicted molar refractivity (Wildman–Crippen MR) is 69.3 cm³/mol. The summed E-state index contributed by atoms with van der Waals surface area (Å²) in [6, 6.07) is 0. The van der Waals surface area contributed by atoms with E-state index in [2.05, 4.69) is 24.5 Å². The minimum atomic E-state index is 0.456. The van der Waals surface area contributed by atoms with E-state index in [1.54, 1.807) is 0 Å². The second-order valence-corrected chi connectivity index (χ2v) is 6.15. The Hall–Kier alpha value is 0.310. The molecule has 1 unspecified atom stereocenters. The van der Waals surface area contributed by atoms with Crippen molar-refractivity contribution in [3.8, 4) is 0 Å². The van der Waals surface area contributed by atoms with Crippen molar-refractivity contribution in [3.05, 3.63) is 0 Å². The Labute approximate surface area is 100 Å². The Balaban J connectivity index is 1.77. The Bertz CT molecular complexity index is 179. The smallest absolute Gasteiger partial charge is 0.0499 e. The molecule has 2 heteroatoms. The number of piperidine rings is 1. The fourth-order valence-corrected chi connectivity index (χ4v) is 3.60. The van der Waals surface area contributed by atoms with Gasteiger partial charge >= 0.3 is 0 Å². The Kier molecular flexibility index (Phi) is 4.39. The van der Waals surface area contributed by atoms with Crippen molar-refractivity contribution in [2.75, 3.05) is 13.1 Å². The lowest BCUT2D eigenvalue weighted by Crippen LogP contribution is -2.39. The molecular weight excluding hydrogens is 202 g/mol. The predicted octanol–water partition coefficient (Wildman–Crippen LogP) is 3.55. The maximum Gasteiger partial charge on any atom is 0.0499 e. The monoisotopic (exact) mass is 227 g/mol. The van der Waals surface area contributed by atoms with Crippen LogP contribution in [0.4, 0.5) is 0 Å². The number of nitrogens with zero attached hydrogens (tertiary/aromatic N) is 1. The molecule has 0 spiro atoms. The number of rotatable bonds is 2. The van der Waals surface area contributed by atoms with Crippen molar-refractivity contribution >= 4 is 12.6 Å². The largest absolute Gasteiger partial charge is 0.292 e. The number of likely N-dealkylation sites (tertiary alicyclic amines) is 1. The third-order valence-electron chi connectivity index (χ3n) is 4.42. The molecular formula is C13H25NS. The van der Waals surface area contributed by atoms with Crippen LogP contribution in [0.15, 0.2) is 0 Å². The summed E-state index contributed by atoms with van der Waals surface area (Å²) >= 11 is 4.52. The average Bonchev–Trinajstić information content (AvgIpc) is 2.30. The normalized spacial score (nSPS) is 29.2. The van der Waals surface area contributed by atoms with Crippen LogP contribution in [0.5, 0.6) is 0 Å². The van der Waals surface area contributed by atoms with E-state index in [4.69, 9.17) is 0 Å². The van der Waals surface area contributed by atoms with Crippen molar-refractivity contribution in [1.29, 1.82) is 0 Å². The van der Waals surface area contributed by atoms with Gasteiger partial charge in [-0.1, -0.05) is 32.1 Å². The summed E-state index contributed by atoms with van der Waals surface area (Å²) in [5.74, 6) is 2.10. The van der Waals surface area contributed by atoms with Crippen LogP contribution in [-0.2, 0) is 0 Å². The highest BCUT2D eigenvalue weighted by Crippen LogP contribution is 2.35. The van der Waals surface area contributed by atoms with Gasteiger partial charge in [0.1, 0.15) is 0 Å². The summed E-state index contributed by atoms with van der Waals surface area (Å²) in [7, 11) is 0. The van der Waals surface area contributed by atoms with Crippen LogP contribution in [0.1, 0.15) is 51.9 Å². The molecule has 2 rings (SSSR count). The summed E-state index contributed by atoms with van der Waals surface area (Å²) in [5.41, 5.74) is 0. The van der Waals surface area contributed by atoms with E-state index < -0.39 is 0 Å². The van der Waals surface area contributed by atoms with E-state index in [9.17, 15) is 0 Å². The van der Waals surface area contributed by atoms with Crippen LogP contribution in [0.2, 0.25) is 0 Å². The van der Waals surface area contributed by atoms with Gasteiger partial charge in [0.25, 0.3) is 0 Å². The van der Waals surface area contributed by atoms with Crippen molar-refractivity contribution in [3.63, 3.8) is 0 Å². The molecule has 0 bridgehead atoms. The van der Waals surface area contributed by atoms with Gasteiger partial charge in [0.2, 0.25) is 0 Å². The van der Waals surface area contributed by atoms with Gasteiger partial charge in [0, 0.05) is 5.37 Å². The first-order chi connectivity index (χ1) is 7.27. The molecule has 0 amide bonds. The fraction of sp³-hybridized carbons (Fsp3) is 1.00. The molecule has 1 aliphatic heterocycles. The molecule has 1 saturated carbocycles. The summed E-state index contributed by atoms with van der Waals surface area (Å²) in [6.07, 6.45) is 10.4. The second kappa shape index (κ2) is 5.58. The van der Waals surface area contributed by atoms with Crippen molar-refractivity contribution in [2.45, 2.75) is 57.2 Å². The quantitative estimate of drug-likeness (QED) is 0.706. The Morgan fingerprint density at radius 1 is 0.933 bits per heavy atom. The highest BCUT2D eigenvalue weighted by Gasteiger charge is 2.28. The Morgan fingerprint density at radius 2 is 1.47 bits per heavy atom. The van der Waals surface area contributed by atoms with Crippen LogP contribution in [0.3, 0.4) is 0 Å². The lowest BCUT2D eigenvalue weighted by atomic mass is 9.76. The summed E-state index contributed by atoms with van der Waals surface area (Å²) < 4.78 is 0. The van der Waals surface area contributed by atoms with Crippen molar-refractivity contribution in [1.82, 2.24) is 4.90 Å². The molecule has 0 N–H and O–H groups in total. The lowest BCUT2D eigenvalue weighted by Gasteiger charge is -2.38. The van der Waals surface area contributed by atoms with Crippen LogP contribution in [-0.4, -0.2) is 23.4 Å². The molecule has 88 valence electrons. The first kappa shape index (κ1) is 11.8. The van der Waals surface area contributed by atoms with Crippen molar-refractivity contribution in [2.24, 2.45) is 11.8 Å². The molecule has 1 atom stereocenters. The number of thiol groups is 1. The zero-order chi connectivity index (χ0) is 10.7. The molecule has 1 heterocycles. The maximum atomic E-state index is 4.52. The van der Waals surface area contributed by atoms with Crippen LogP contribution < -0.4 is 0 Å². The molecule has 2 aliphatic rings. The maximum absolute atomic E-state index is 4.52. The average molecular weight is 227 g/mol. The van der Waals surface area contributed by atoms with Gasteiger partial charge in [0.05, 0.1) is 0 Å². The van der Waals surface area contributed by atoms with Gasteiger partial charge in [-0.2, -0.15) is 12.6 Å². The van der Waals surface area contributed by atoms with Gasteiger partial charge in [-0.3, -0.25) is 4.90 Å². The molecule has 1 saturated heterocycles. The zero-order valence-corrected chi connectivity index (χ0v) is 10.9. The highest BCUT2D eigenvalue weighted by atomic mass is 32.1. The molecule has 0 radical (unpaired) electrons. The first-order valence-electron chi connectivity index (χ1n) is 6.69. The number of hydrogen-bond acceptors (Lipinski definition) is 2. The molecule has 15 heavy (non-hydrogen) atoms. The SMILES string of the molecule is CC(S)N1CCC(C2CCCCC2)CC1. The van der Waals surface area contributed by atoms with Gasteiger partial charge in [-0.25, -0.2) is 0 Å². The number of hydrogen-bond donors (Lipinski definition) is 1. The van der Waals surface area contributed by atoms with Crippen LogP contribution in [0.25, 0.3) is 0 Å². The Morgan fingerprint density at radius 3 is 2.00 bits per heavy atom. The summed E-state index contributed by atoms with van der Waals surface area (Å²) in [6.45, 7) is 4.77. The highest BCUT2D eigenvalue weighted by molar-refractivity contribution is 7.80. The molecule has 0 aromatic rings. The van der Waals surface area contributed by atoms with Gasteiger partial charge in [-0.15, -0.1) is 0 Å². The zero-order valence-electron chi connectivity index (χ0n) is 9.99. The molecule has 1 aliphatic carbocycles. The van der Waals surface area contributed by atoms with Crippen LogP contribution in [0, 0.1) is 11.8 Å². The standard InChI is InChI=1S/C13H25NS/c1-11(15)14-9-7-13(8-10-14)12-5-3-2-4-6-12/h11-13,15H,2-10H2,1H3.